The van der Waals surface area contributed by atoms with Gasteiger partial charge in [0.1, 0.15) is 24.6 Å². The molecule has 52 heavy (non-hydrogen) atoms. The van der Waals surface area contributed by atoms with Gasteiger partial charge in [-0.25, -0.2) is 18.1 Å². The van der Waals surface area contributed by atoms with Crippen LogP contribution in [0, 0.1) is 11.3 Å². The van der Waals surface area contributed by atoms with E-state index in [1.807, 2.05) is 58.0 Å². The zero-order valence-corrected chi connectivity index (χ0v) is 29.3. The number of methoxy groups -OCH3 is 1. The van der Waals surface area contributed by atoms with Crippen LogP contribution in [0.15, 0.2) is 84.9 Å². The highest BCUT2D eigenvalue weighted by atomic mass is 32.2. The smallest absolute Gasteiger partial charge is 0.326 e. The molecule has 2 heterocycles. The first-order chi connectivity index (χ1) is 24.7. The largest absolute Gasteiger partial charge is 0.506 e. The van der Waals surface area contributed by atoms with Crippen LogP contribution in [-0.4, -0.2) is 65.0 Å². The number of anilines is 2. The summed E-state index contributed by atoms with van der Waals surface area (Å²) in [5.41, 5.74) is 5.14. The maximum absolute atomic E-state index is 11.9. The fraction of sp³-hybridized carbons (Fsp3) is 0.200. The predicted octanol–water partition coefficient (Wildman–Crippen LogP) is 2.11. The lowest BCUT2D eigenvalue weighted by Gasteiger charge is -2.17. The SMILES string of the molecule is COC(=O)Cc1ccccc1Cc1ccc(N2CC(=O)NS2(=O)=O)c(O)c1.N#CCc1ccccc1Cc1ccc(N2CC(=O)NS2(=O)=O)c(O)c1. The monoisotopic (exact) mass is 747 g/mol. The van der Waals surface area contributed by atoms with Crippen molar-refractivity contribution in [2.45, 2.75) is 25.7 Å². The number of nitrogens with zero attached hydrogens (tertiary/aromatic N) is 3. The van der Waals surface area contributed by atoms with Crippen LogP contribution in [0.1, 0.15) is 33.4 Å². The van der Waals surface area contributed by atoms with E-state index in [1.165, 1.54) is 31.4 Å². The van der Waals surface area contributed by atoms with Gasteiger partial charge in [0.05, 0.1) is 37.4 Å². The molecule has 0 aliphatic carbocycles. The van der Waals surface area contributed by atoms with E-state index in [0.29, 0.717) is 19.3 Å². The van der Waals surface area contributed by atoms with Gasteiger partial charge in [0.2, 0.25) is 0 Å². The maximum Gasteiger partial charge on any atom is 0.326 e. The summed E-state index contributed by atoms with van der Waals surface area (Å²) in [4.78, 5) is 34.2. The van der Waals surface area contributed by atoms with Crippen molar-refractivity contribution in [3.63, 3.8) is 0 Å². The van der Waals surface area contributed by atoms with Gasteiger partial charge >= 0.3 is 26.4 Å². The first-order valence-electron chi connectivity index (χ1n) is 15.6. The summed E-state index contributed by atoms with van der Waals surface area (Å²) in [6.45, 7) is -0.739. The number of phenols is 2. The number of phenolic OH excluding ortho intramolecular Hbond substituents is 2. The van der Waals surface area contributed by atoms with Crippen molar-refractivity contribution in [1.29, 1.82) is 5.26 Å². The van der Waals surface area contributed by atoms with E-state index >= 15 is 0 Å². The van der Waals surface area contributed by atoms with Crippen LogP contribution in [-0.2, 0) is 65.2 Å². The molecule has 6 rings (SSSR count). The average molecular weight is 748 g/mol. The van der Waals surface area contributed by atoms with E-state index in [0.717, 1.165) is 42.0 Å². The molecule has 4 aromatic carbocycles. The first-order valence-corrected chi connectivity index (χ1v) is 18.5. The summed E-state index contributed by atoms with van der Waals surface area (Å²) < 4.78 is 57.6. The molecule has 270 valence electrons. The molecule has 0 spiro atoms. The lowest BCUT2D eigenvalue weighted by Crippen LogP contribution is -2.29. The topological polar surface area (TPSA) is 224 Å². The molecule has 0 radical (unpaired) electrons. The van der Waals surface area contributed by atoms with E-state index in [1.54, 1.807) is 12.1 Å². The highest BCUT2D eigenvalue weighted by Crippen LogP contribution is 2.33. The lowest BCUT2D eigenvalue weighted by molar-refractivity contribution is -0.139. The Morgan fingerprint density at radius 3 is 1.54 bits per heavy atom. The van der Waals surface area contributed by atoms with Gasteiger partial charge in [-0.05, 0) is 70.5 Å². The Balaban J connectivity index is 0.000000202. The fourth-order valence-corrected chi connectivity index (χ4v) is 7.99. The predicted molar refractivity (Wildman–Crippen MR) is 189 cm³/mol. The van der Waals surface area contributed by atoms with Crippen LogP contribution >= 0.6 is 0 Å². The number of ether oxygens (including phenoxy) is 1. The number of aromatic hydroxyl groups is 2. The highest BCUT2D eigenvalue weighted by molar-refractivity contribution is 7.92. The van der Waals surface area contributed by atoms with E-state index in [4.69, 9.17) is 10.00 Å². The van der Waals surface area contributed by atoms with Gasteiger partial charge in [-0.3, -0.25) is 14.4 Å². The van der Waals surface area contributed by atoms with Crippen molar-refractivity contribution >= 4 is 49.6 Å². The van der Waals surface area contributed by atoms with Crippen molar-refractivity contribution in [3.05, 3.63) is 118 Å². The second-order valence-corrected chi connectivity index (χ2v) is 14.9. The third-order valence-electron chi connectivity index (χ3n) is 8.12. The van der Waals surface area contributed by atoms with Gasteiger partial charge in [0, 0.05) is 0 Å². The zero-order valence-electron chi connectivity index (χ0n) is 27.6. The number of benzene rings is 4. The standard InChI is InChI=1S/C18H18N2O6S.C17H15N3O4S/c1-26-18(23)10-14-5-3-2-4-13(14)8-12-6-7-15(16(21)9-12)20-11-17(22)19-27(20,24)25;18-8-7-13-3-1-2-4-14(13)9-12-5-6-15(16(21)10-12)20-11-17(22)19-25(20,23)24/h2-7,9,21H,8,10-11H2,1H3,(H,19,22);1-6,10,21H,7,9,11H2,(H,19,22). The Labute approximate surface area is 300 Å². The summed E-state index contributed by atoms with van der Waals surface area (Å²) in [7, 11) is -6.62. The molecule has 17 heteroatoms. The number of esters is 1. The Hall–Kier alpha value is -6.12. The second-order valence-electron chi connectivity index (χ2n) is 11.7. The Morgan fingerprint density at radius 2 is 1.15 bits per heavy atom. The highest BCUT2D eigenvalue weighted by Gasteiger charge is 2.36. The average Bonchev–Trinajstić information content (AvgIpc) is 3.53. The molecule has 4 aromatic rings. The molecule has 0 aromatic heterocycles. The number of hydrogen-bond donors (Lipinski definition) is 4. The van der Waals surface area contributed by atoms with E-state index < -0.39 is 32.2 Å². The minimum atomic E-state index is -3.98. The summed E-state index contributed by atoms with van der Waals surface area (Å²) in [6.07, 6.45) is 1.36. The van der Waals surface area contributed by atoms with Crippen LogP contribution < -0.4 is 18.1 Å². The van der Waals surface area contributed by atoms with Crippen LogP contribution in [0.2, 0.25) is 0 Å². The molecule has 0 unspecified atom stereocenters. The van der Waals surface area contributed by atoms with E-state index in [9.17, 15) is 41.4 Å². The van der Waals surface area contributed by atoms with Crippen molar-refractivity contribution in [1.82, 2.24) is 9.44 Å². The Kier molecular flexibility index (Phi) is 11.0. The van der Waals surface area contributed by atoms with Gasteiger partial charge in [-0.1, -0.05) is 60.7 Å². The van der Waals surface area contributed by atoms with Crippen LogP contribution in [0.25, 0.3) is 0 Å². The van der Waals surface area contributed by atoms with Crippen molar-refractivity contribution in [2.24, 2.45) is 0 Å². The third kappa shape index (κ3) is 8.60. The molecule has 15 nitrogen and oxygen atoms in total. The second kappa shape index (κ2) is 15.4. The Bertz CT molecular complexity index is 2310. The zero-order chi connectivity index (χ0) is 37.6. The van der Waals surface area contributed by atoms with Crippen LogP contribution in [0.3, 0.4) is 0 Å². The minimum absolute atomic E-state index is 0.0277. The van der Waals surface area contributed by atoms with E-state index in [-0.39, 0.29) is 48.4 Å². The number of nitriles is 1. The molecule has 4 N–H and O–H groups in total. The quantitative estimate of drug-likeness (QED) is 0.182. The molecular weight excluding hydrogens is 715 g/mol. The van der Waals surface area contributed by atoms with E-state index in [2.05, 4.69) is 6.07 Å². The normalized spacial score (nSPS) is 15.5. The molecule has 2 amide bonds. The summed E-state index contributed by atoms with van der Waals surface area (Å²) in [5.74, 6) is -2.13. The van der Waals surface area contributed by atoms with Crippen molar-refractivity contribution in [3.8, 4) is 17.6 Å². The minimum Gasteiger partial charge on any atom is -0.506 e. The summed E-state index contributed by atoms with van der Waals surface area (Å²) in [5, 5.41) is 29.4. The fourth-order valence-electron chi connectivity index (χ4n) is 5.66. The number of nitrogens with one attached hydrogen (secondary N) is 2. The molecule has 2 aliphatic rings. The molecule has 2 fully saturated rings. The molecular formula is C35H33N5O10S2. The molecule has 0 atom stereocenters. The first kappa shape index (κ1) is 37.1. The molecule has 2 aliphatic heterocycles. The van der Waals surface area contributed by atoms with Crippen LogP contribution in [0.4, 0.5) is 11.4 Å². The van der Waals surface area contributed by atoms with Gasteiger partial charge in [0.25, 0.3) is 11.8 Å². The van der Waals surface area contributed by atoms with Crippen molar-refractivity contribution in [2.75, 3.05) is 28.8 Å². The van der Waals surface area contributed by atoms with Crippen LogP contribution in [0.5, 0.6) is 11.5 Å². The lowest BCUT2D eigenvalue weighted by atomic mass is 9.97. The number of carbonyl (C=O) groups excluding carboxylic acids is 3. The number of amides is 2. The van der Waals surface area contributed by atoms with Gasteiger partial charge in [-0.2, -0.15) is 22.1 Å². The molecule has 2 saturated heterocycles. The third-order valence-corrected chi connectivity index (χ3v) is 10.9. The Morgan fingerprint density at radius 1 is 0.731 bits per heavy atom. The molecule has 0 saturated carbocycles. The maximum atomic E-state index is 11.9. The summed E-state index contributed by atoms with van der Waals surface area (Å²) in [6, 6.07) is 26.2. The number of hydrogen-bond acceptors (Lipinski definition) is 11. The van der Waals surface area contributed by atoms with Gasteiger partial charge in [0.15, 0.2) is 0 Å². The van der Waals surface area contributed by atoms with Gasteiger partial charge in [-0.15, -0.1) is 0 Å². The number of rotatable bonds is 9. The molecule has 0 bridgehead atoms. The van der Waals surface area contributed by atoms with Gasteiger partial charge < -0.3 is 14.9 Å². The van der Waals surface area contributed by atoms with Crippen molar-refractivity contribution < 1.29 is 46.2 Å². The summed E-state index contributed by atoms with van der Waals surface area (Å²) >= 11 is 0. The number of carbonyl (C=O) groups is 3.